The van der Waals surface area contributed by atoms with Crippen molar-refractivity contribution in [3.05, 3.63) is 35.8 Å². The molecular formula is C11H11N3OS. The number of pyridine rings is 1. The molecule has 1 fully saturated rings. The van der Waals surface area contributed by atoms with Crippen LogP contribution in [0.4, 0.5) is 0 Å². The van der Waals surface area contributed by atoms with Gasteiger partial charge in [0.25, 0.3) is 5.91 Å². The predicted molar refractivity (Wildman–Crippen MR) is 65.3 cm³/mol. The topological polar surface area (TPSA) is 36.4 Å². The van der Waals surface area contributed by atoms with Crippen molar-refractivity contribution in [1.29, 1.82) is 0 Å². The van der Waals surface area contributed by atoms with E-state index in [-0.39, 0.29) is 5.91 Å². The summed E-state index contributed by atoms with van der Waals surface area (Å²) in [6.07, 6.45) is 3.42. The first-order valence-electron chi connectivity index (χ1n) is 4.79. The van der Waals surface area contributed by atoms with Crippen molar-refractivity contribution in [3.63, 3.8) is 0 Å². The Morgan fingerprint density at radius 1 is 1.31 bits per heavy atom. The largest absolute Gasteiger partial charge is 0.317 e. The molecule has 1 aromatic rings. The van der Waals surface area contributed by atoms with Gasteiger partial charge in [0, 0.05) is 20.3 Å². The van der Waals surface area contributed by atoms with Crippen molar-refractivity contribution in [2.24, 2.45) is 0 Å². The van der Waals surface area contributed by atoms with Crippen LogP contribution < -0.4 is 0 Å². The standard InChI is InChI=1S/C11H11N3OS/c1-13-9(10(15)14(2)11(13)16)7-8-5-3-4-6-12-8/h3-7H,1-2H3/b9-7+. The molecule has 4 nitrogen and oxygen atoms in total. The van der Waals surface area contributed by atoms with Crippen LogP contribution in [0.25, 0.3) is 6.08 Å². The summed E-state index contributed by atoms with van der Waals surface area (Å²) in [6, 6.07) is 5.55. The lowest BCUT2D eigenvalue weighted by Gasteiger charge is -2.10. The highest BCUT2D eigenvalue weighted by Gasteiger charge is 2.32. The third-order valence-corrected chi connectivity index (χ3v) is 2.98. The molecule has 0 atom stereocenters. The monoisotopic (exact) mass is 233 g/mol. The minimum atomic E-state index is -0.0989. The Hall–Kier alpha value is -1.75. The Labute approximate surface area is 99.2 Å². The van der Waals surface area contributed by atoms with E-state index >= 15 is 0 Å². The third-order valence-electron chi connectivity index (χ3n) is 2.43. The molecule has 16 heavy (non-hydrogen) atoms. The average Bonchev–Trinajstić information content (AvgIpc) is 2.48. The van der Waals surface area contributed by atoms with E-state index in [2.05, 4.69) is 4.98 Å². The Morgan fingerprint density at radius 3 is 2.56 bits per heavy atom. The van der Waals surface area contributed by atoms with Gasteiger partial charge >= 0.3 is 0 Å². The minimum absolute atomic E-state index is 0.0989. The SMILES string of the molecule is CN1C(=O)/C(=C\c2ccccn2)N(C)C1=S. The van der Waals surface area contributed by atoms with Crippen LogP contribution in [0, 0.1) is 0 Å². The smallest absolute Gasteiger partial charge is 0.276 e. The molecular weight excluding hydrogens is 222 g/mol. The summed E-state index contributed by atoms with van der Waals surface area (Å²) in [5, 5.41) is 0.507. The van der Waals surface area contributed by atoms with Gasteiger partial charge < -0.3 is 4.90 Å². The second-order valence-electron chi connectivity index (χ2n) is 3.49. The van der Waals surface area contributed by atoms with Crippen LogP contribution in [0.1, 0.15) is 5.69 Å². The molecule has 1 amide bonds. The van der Waals surface area contributed by atoms with Crippen LogP contribution in [-0.2, 0) is 4.79 Å². The van der Waals surface area contributed by atoms with E-state index in [0.717, 1.165) is 5.69 Å². The van der Waals surface area contributed by atoms with E-state index in [9.17, 15) is 4.79 Å². The van der Waals surface area contributed by atoms with Gasteiger partial charge in [0.1, 0.15) is 5.70 Å². The molecule has 1 saturated heterocycles. The number of carbonyl (C=O) groups is 1. The normalized spacial score (nSPS) is 18.8. The predicted octanol–water partition coefficient (Wildman–Crippen LogP) is 1.11. The lowest BCUT2D eigenvalue weighted by molar-refractivity contribution is -0.121. The number of amides is 1. The Morgan fingerprint density at radius 2 is 2.06 bits per heavy atom. The molecule has 0 aliphatic carbocycles. The Bertz CT molecular complexity index is 469. The lowest BCUT2D eigenvalue weighted by atomic mass is 10.3. The molecule has 0 spiro atoms. The molecule has 82 valence electrons. The highest BCUT2D eigenvalue weighted by Crippen LogP contribution is 2.19. The van der Waals surface area contributed by atoms with Gasteiger partial charge in [-0.1, -0.05) is 6.07 Å². The van der Waals surface area contributed by atoms with Gasteiger partial charge in [-0.15, -0.1) is 0 Å². The van der Waals surface area contributed by atoms with Crippen molar-refractivity contribution < 1.29 is 4.79 Å². The molecule has 0 radical (unpaired) electrons. The van der Waals surface area contributed by atoms with E-state index in [1.165, 1.54) is 4.90 Å². The molecule has 2 heterocycles. The number of aromatic nitrogens is 1. The quantitative estimate of drug-likeness (QED) is 0.538. The summed E-state index contributed by atoms with van der Waals surface area (Å²) >= 11 is 5.10. The number of likely N-dealkylation sites (N-methyl/N-ethyl adjacent to an activating group) is 2. The maximum Gasteiger partial charge on any atom is 0.276 e. The Kier molecular flexibility index (Phi) is 2.70. The van der Waals surface area contributed by atoms with Crippen LogP contribution in [0.2, 0.25) is 0 Å². The maximum absolute atomic E-state index is 11.8. The van der Waals surface area contributed by atoms with Gasteiger partial charge in [0.05, 0.1) is 5.69 Å². The molecule has 0 N–H and O–H groups in total. The van der Waals surface area contributed by atoms with E-state index in [1.54, 1.807) is 31.3 Å². The summed E-state index contributed by atoms with van der Waals surface area (Å²) in [6.45, 7) is 0. The Balaban J connectivity index is 2.39. The van der Waals surface area contributed by atoms with Gasteiger partial charge in [0.2, 0.25) is 0 Å². The first-order valence-corrected chi connectivity index (χ1v) is 5.20. The lowest BCUT2D eigenvalue weighted by Crippen LogP contribution is -2.26. The van der Waals surface area contributed by atoms with Crippen LogP contribution in [-0.4, -0.2) is 39.9 Å². The van der Waals surface area contributed by atoms with Crippen molar-refractivity contribution in [2.45, 2.75) is 0 Å². The van der Waals surface area contributed by atoms with Crippen molar-refractivity contribution in [1.82, 2.24) is 14.8 Å². The molecule has 5 heteroatoms. The minimum Gasteiger partial charge on any atom is -0.317 e. The summed E-state index contributed by atoms with van der Waals surface area (Å²) in [5.41, 5.74) is 1.29. The van der Waals surface area contributed by atoms with Gasteiger partial charge in [0.15, 0.2) is 5.11 Å². The highest BCUT2D eigenvalue weighted by molar-refractivity contribution is 7.80. The van der Waals surface area contributed by atoms with Crippen molar-refractivity contribution >= 4 is 29.3 Å². The molecule has 1 aliphatic heterocycles. The van der Waals surface area contributed by atoms with E-state index < -0.39 is 0 Å². The highest BCUT2D eigenvalue weighted by atomic mass is 32.1. The zero-order valence-corrected chi connectivity index (χ0v) is 9.86. The molecule has 1 aromatic heterocycles. The number of hydrogen-bond donors (Lipinski definition) is 0. The number of thiocarbonyl (C=S) groups is 1. The summed E-state index contributed by atoms with van der Waals surface area (Å²) < 4.78 is 0. The molecule has 0 saturated carbocycles. The van der Waals surface area contributed by atoms with Crippen LogP contribution >= 0.6 is 12.2 Å². The van der Waals surface area contributed by atoms with Gasteiger partial charge in [-0.25, -0.2) is 0 Å². The maximum atomic E-state index is 11.8. The summed E-state index contributed by atoms with van der Waals surface area (Å²) in [7, 11) is 3.44. The third kappa shape index (κ3) is 1.69. The van der Waals surface area contributed by atoms with Crippen LogP contribution in [0.5, 0.6) is 0 Å². The zero-order chi connectivity index (χ0) is 11.7. The number of rotatable bonds is 1. The molecule has 0 unspecified atom stereocenters. The second kappa shape index (κ2) is 4.02. The fraction of sp³-hybridized carbons (Fsp3) is 0.182. The van der Waals surface area contributed by atoms with Crippen molar-refractivity contribution in [3.8, 4) is 0 Å². The fourth-order valence-corrected chi connectivity index (χ4v) is 1.67. The van der Waals surface area contributed by atoms with E-state index in [4.69, 9.17) is 12.2 Å². The van der Waals surface area contributed by atoms with Gasteiger partial charge in [-0.2, -0.15) is 0 Å². The number of nitrogens with zero attached hydrogens (tertiary/aromatic N) is 3. The van der Waals surface area contributed by atoms with Crippen molar-refractivity contribution in [2.75, 3.05) is 14.1 Å². The molecule has 2 rings (SSSR count). The summed E-state index contributed by atoms with van der Waals surface area (Å²) in [5.74, 6) is -0.0989. The van der Waals surface area contributed by atoms with Crippen LogP contribution in [0.3, 0.4) is 0 Å². The number of hydrogen-bond acceptors (Lipinski definition) is 3. The first-order chi connectivity index (χ1) is 7.61. The van der Waals surface area contributed by atoms with Gasteiger partial charge in [-0.3, -0.25) is 14.7 Å². The number of carbonyl (C=O) groups excluding carboxylic acids is 1. The average molecular weight is 233 g/mol. The van der Waals surface area contributed by atoms with E-state index in [0.29, 0.717) is 10.8 Å². The molecule has 1 aliphatic rings. The molecule has 0 bridgehead atoms. The fourth-order valence-electron chi connectivity index (χ4n) is 1.49. The van der Waals surface area contributed by atoms with Gasteiger partial charge in [-0.05, 0) is 30.4 Å². The zero-order valence-electron chi connectivity index (χ0n) is 9.04. The second-order valence-corrected chi connectivity index (χ2v) is 3.86. The summed E-state index contributed by atoms with van der Waals surface area (Å²) in [4.78, 5) is 19.1. The first kappa shape index (κ1) is 10.8. The van der Waals surface area contributed by atoms with Crippen LogP contribution in [0.15, 0.2) is 30.1 Å². The molecule has 0 aromatic carbocycles. The van der Waals surface area contributed by atoms with E-state index in [1.807, 2.05) is 18.2 Å².